The molecule has 0 amide bonds. The summed E-state index contributed by atoms with van der Waals surface area (Å²) in [7, 11) is 0. The minimum absolute atomic E-state index is 0.0232. The van der Waals surface area contributed by atoms with Crippen LogP contribution in [-0.4, -0.2) is 31.0 Å². The fourth-order valence-corrected chi connectivity index (χ4v) is 5.82. The summed E-state index contributed by atoms with van der Waals surface area (Å²) < 4.78 is 16.0. The lowest BCUT2D eigenvalue weighted by Gasteiger charge is -2.61. The summed E-state index contributed by atoms with van der Waals surface area (Å²) in [6.07, 6.45) is 6.84. The van der Waals surface area contributed by atoms with Gasteiger partial charge in [-0.15, -0.1) is 5.10 Å². The zero-order valence-electron chi connectivity index (χ0n) is 23.8. The molecule has 0 saturated heterocycles. The van der Waals surface area contributed by atoms with E-state index in [1.54, 1.807) is 19.1 Å². The van der Waals surface area contributed by atoms with Gasteiger partial charge in [-0.3, -0.25) is 4.98 Å². The number of aryl methyl sites for hydroxylation is 1. The molecule has 0 aliphatic heterocycles. The van der Waals surface area contributed by atoms with Crippen LogP contribution in [0.3, 0.4) is 0 Å². The van der Waals surface area contributed by atoms with Crippen LogP contribution in [0.25, 0.3) is 10.9 Å². The van der Waals surface area contributed by atoms with Crippen molar-refractivity contribution in [2.45, 2.75) is 71.5 Å². The van der Waals surface area contributed by atoms with E-state index in [0.29, 0.717) is 44.8 Å². The lowest BCUT2D eigenvalue weighted by molar-refractivity contribution is -0.0989. The Kier molecular flexibility index (Phi) is 6.18. The van der Waals surface area contributed by atoms with Crippen molar-refractivity contribution in [2.75, 3.05) is 10.6 Å². The molecule has 41 heavy (non-hydrogen) atoms. The molecule has 2 N–H and O–H groups in total. The van der Waals surface area contributed by atoms with Gasteiger partial charge < -0.3 is 10.6 Å². The highest BCUT2D eigenvalue weighted by molar-refractivity contribution is 5.99. The molecule has 0 spiro atoms. The molecular weight excluding hydrogens is 517 g/mol. The molecule has 7 rings (SSSR count). The fourth-order valence-electron chi connectivity index (χ4n) is 5.82. The first kappa shape index (κ1) is 26.6. The van der Waals surface area contributed by atoms with Crippen molar-refractivity contribution in [3.8, 4) is 12.1 Å². The van der Waals surface area contributed by atoms with Gasteiger partial charge in [0.15, 0.2) is 0 Å². The summed E-state index contributed by atoms with van der Waals surface area (Å²) in [6.45, 7) is 10.2. The third-order valence-corrected chi connectivity index (χ3v) is 8.89. The highest BCUT2D eigenvalue weighted by Gasteiger charge is 2.59. The monoisotopic (exact) mass is 549 g/mol. The summed E-state index contributed by atoms with van der Waals surface area (Å²) in [4.78, 5) is 8.53. The summed E-state index contributed by atoms with van der Waals surface area (Å²) in [6, 6.07) is 10.7. The smallest absolute Gasteiger partial charge is 0.213 e. The molecule has 3 heterocycles. The molecule has 3 aromatic heterocycles. The minimum atomic E-state index is -0.557. The SMILES string of the molecule is Cc1nc(F)ccc1[C@H](Nc1cc(C#N)c2ncc(C#N)c(N[C@H](C)C(C)(C)C)c2c1)c1cn(C23CC(C2)C3)nn1. The predicted octanol–water partition coefficient (Wildman–Crippen LogP) is 5.97. The second-order valence-corrected chi connectivity index (χ2v) is 12.6. The van der Waals surface area contributed by atoms with Crippen molar-refractivity contribution in [3.63, 3.8) is 0 Å². The van der Waals surface area contributed by atoms with Gasteiger partial charge in [-0.25, -0.2) is 9.67 Å². The largest absolute Gasteiger partial charge is 0.380 e. The van der Waals surface area contributed by atoms with Crippen LogP contribution in [0.2, 0.25) is 0 Å². The average molecular weight is 550 g/mol. The molecular formula is C31H32FN9. The number of hydrogen-bond donors (Lipinski definition) is 2. The van der Waals surface area contributed by atoms with Crippen molar-refractivity contribution in [1.29, 1.82) is 10.5 Å². The van der Waals surface area contributed by atoms with Crippen LogP contribution in [0.1, 0.15) is 81.1 Å². The van der Waals surface area contributed by atoms with E-state index < -0.39 is 12.0 Å². The van der Waals surface area contributed by atoms with Crippen LogP contribution in [-0.2, 0) is 5.54 Å². The molecule has 2 bridgehead atoms. The first-order valence-electron chi connectivity index (χ1n) is 13.9. The minimum Gasteiger partial charge on any atom is -0.380 e. The fraction of sp³-hybridized carbons (Fsp3) is 0.419. The molecule has 2 atom stereocenters. The van der Waals surface area contributed by atoms with Crippen molar-refractivity contribution >= 4 is 22.3 Å². The second-order valence-electron chi connectivity index (χ2n) is 12.6. The van der Waals surface area contributed by atoms with Crippen LogP contribution in [0.4, 0.5) is 15.8 Å². The van der Waals surface area contributed by atoms with Crippen LogP contribution in [0.15, 0.2) is 36.7 Å². The van der Waals surface area contributed by atoms with Gasteiger partial charge in [-0.1, -0.05) is 32.1 Å². The Balaban J connectivity index is 1.46. The number of nitrogens with zero attached hydrogens (tertiary/aromatic N) is 7. The topological polar surface area (TPSA) is 128 Å². The van der Waals surface area contributed by atoms with E-state index in [1.807, 2.05) is 16.9 Å². The highest BCUT2D eigenvalue weighted by atomic mass is 19.1. The molecule has 3 aliphatic rings. The third kappa shape index (κ3) is 4.54. The normalized spacial score (nSPS) is 20.7. The number of benzene rings is 1. The number of fused-ring (bicyclic) bond motifs is 1. The molecule has 1 aromatic carbocycles. The summed E-state index contributed by atoms with van der Waals surface area (Å²) in [5, 5.41) is 36.7. The first-order valence-corrected chi connectivity index (χ1v) is 13.9. The maximum atomic E-state index is 14.0. The zero-order chi connectivity index (χ0) is 29.1. The van der Waals surface area contributed by atoms with Crippen molar-refractivity contribution in [1.82, 2.24) is 25.0 Å². The van der Waals surface area contributed by atoms with Crippen LogP contribution in [0.5, 0.6) is 0 Å². The lowest BCUT2D eigenvalue weighted by Crippen LogP contribution is -2.59. The third-order valence-electron chi connectivity index (χ3n) is 8.89. The molecule has 9 nitrogen and oxygen atoms in total. The van der Waals surface area contributed by atoms with Gasteiger partial charge in [0.2, 0.25) is 5.95 Å². The van der Waals surface area contributed by atoms with Crippen LogP contribution < -0.4 is 10.6 Å². The van der Waals surface area contributed by atoms with E-state index in [2.05, 4.69) is 70.7 Å². The van der Waals surface area contributed by atoms with Gasteiger partial charge in [0.25, 0.3) is 0 Å². The number of rotatable bonds is 7. The maximum absolute atomic E-state index is 14.0. The predicted molar refractivity (Wildman–Crippen MR) is 153 cm³/mol. The van der Waals surface area contributed by atoms with Gasteiger partial charge >= 0.3 is 0 Å². The van der Waals surface area contributed by atoms with Crippen LogP contribution >= 0.6 is 0 Å². The Morgan fingerprint density at radius 3 is 2.44 bits per heavy atom. The summed E-state index contributed by atoms with van der Waals surface area (Å²) in [5.74, 6) is 0.233. The first-order chi connectivity index (χ1) is 19.5. The van der Waals surface area contributed by atoms with E-state index in [1.165, 1.54) is 12.3 Å². The standard InChI is InChI=1S/C31H32FN9/c1-17-23(6-7-26(32)36-17)29(25-16-41(40-39-25)31-10-19(11-31)12-31)38-22-8-20(13-33)27-24(9-22)28(21(14-34)15-35-27)37-18(2)30(3,4)5/h6-9,15-16,18-19,29,38H,10-12H2,1-5H3,(H,35,37)/t18-,19?,29+,31?/m1/s1. The Morgan fingerprint density at radius 2 is 1.83 bits per heavy atom. The molecule has 3 aliphatic carbocycles. The van der Waals surface area contributed by atoms with E-state index in [0.717, 1.165) is 30.7 Å². The van der Waals surface area contributed by atoms with E-state index in [9.17, 15) is 14.9 Å². The lowest BCUT2D eigenvalue weighted by atomic mass is 9.50. The van der Waals surface area contributed by atoms with Gasteiger partial charge in [0.1, 0.15) is 17.8 Å². The number of hydrogen-bond acceptors (Lipinski definition) is 8. The van der Waals surface area contributed by atoms with Crippen molar-refractivity contribution in [3.05, 3.63) is 70.7 Å². The van der Waals surface area contributed by atoms with Gasteiger partial charge in [-0.2, -0.15) is 14.9 Å². The maximum Gasteiger partial charge on any atom is 0.213 e. The van der Waals surface area contributed by atoms with Crippen molar-refractivity contribution < 1.29 is 4.39 Å². The van der Waals surface area contributed by atoms with Crippen molar-refractivity contribution in [2.24, 2.45) is 11.3 Å². The second kappa shape index (κ2) is 9.52. The molecule has 0 radical (unpaired) electrons. The van der Waals surface area contributed by atoms with Crippen LogP contribution in [0, 0.1) is 46.9 Å². The molecule has 0 unspecified atom stereocenters. The van der Waals surface area contributed by atoms with E-state index in [-0.39, 0.29) is 17.0 Å². The number of aromatic nitrogens is 5. The van der Waals surface area contributed by atoms with E-state index in [4.69, 9.17) is 0 Å². The summed E-state index contributed by atoms with van der Waals surface area (Å²) in [5.41, 5.74) is 4.46. The number of nitrogens with one attached hydrogen (secondary N) is 2. The quantitative estimate of drug-likeness (QED) is 0.270. The van der Waals surface area contributed by atoms with Gasteiger partial charge in [0.05, 0.1) is 40.1 Å². The molecule has 208 valence electrons. The average Bonchev–Trinajstić information content (AvgIpc) is 3.34. The Hall–Kier alpha value is -4.57. The number of pyridine rings is 2. The number of halogens is 1. The molecule has 10 heteroatoms. The van der Waals surface area contributed by atoms with Gasteiger partial charge in [0, 0.05) is 34.6 Å². The Labute approximate surface area is 238 Å². The van der Waals surface area contributed by atoms with E-state index >= 15 is 0 Å². The highest BCUT2D eigenvalue weighted by Crippen LogP contribution is 2.62. The zero-order valence-corrected chi connectivity index (χ0v) is 23.8. The number of nitriles is 2. The molecule has 4 aromatic rings. The molecule has 3 fully saturated rings. The molecule has 3 saturated carbocycles. The Morgan fingerprint density at radius 1 is 1.10 bits per heavy atom. The number of anilines is 2. The Bertz CT molecular complexity index is 1740. The van der Waals surface area contributed by atoms with Gasteiger partial charge in [-0.05, 0) is 62.6 Å². The summed E-state index contributed by atoms with van der Waals surface area (Å²) >= 11 is 0.